The zero-order valence-corrected chi connectivity index (χ0v) is 16.8. The summed E-state index contributed by atoms with van der Waals surface area (Å²) in [5, 5.41) is 0. The van der Waals surface area contributed by atoms with Gasteiger partial charge in [0, 0.05) is 5.57 Å². The van der Waals surface area contributed by atoms with Crippen molar-refractivity contribution in [2.75, 3.05) is 0 Å². The predicted molar refractivity (Wildman–Crippen MR) is 116 cm³/mol. The summed E-state index contributed by atoms with van der Waals surface area (Å²) < 4.78 is 11.9. The van der Waals surface area contributed by atoms with Crippen LogP contribution in [0.4, 0.5) is 5.69 Å². The Balaban J connectivity index is 1.89. The third kappa shape index (κ3) is 5.58. The van der Waals surface area contributed by atoms with Crippen LogP contribution in [0, 0.1) is 20.8 Å². The van der Waals surface area contributed by atoms with Gasteiger partial charge in [0.1, 0.15) is 11.5 Å². The van der Waals surface area contributed by atoms with Gasteiger partial charge in [0.05, 0.1) is 11.9 Å². The molecule has 3 rings (SSSR count). The van der Waals surface area contributed by atoms with Crippen molar-refractivity contribution in [2.45, 2.75) is 27.7 Å². The molecule has 3 nitrogen and oxygen atoms in total. The maximum absolute atomic E-state index is 6.11. The van der Waals surface area contributed by atoms with Crippen molar-refractivity contribution in [3.63, 3.8) is 0 Å². The number of hydrogen-bond donors (Lipinski definition) is 0. The van der Waals surface area contributed by atoms with Crippen molar-refractivity contribution in [2.24, 2.45) is 4.99 Å². The van der Waals surface area contributed by atoms with E-state index in [1.165, 1.54) is 5.56 Å². The van der Waals surface area contributed by atoms with Crippen LogP contribution < -0.4 is 9.47 Å². The van der Waals surface area contributed by atoms with E-state index in [1.807, 2.05) is 93.6 Å². The first kappa shape index (κ1) is 19.4. The molecule has 0 unspecified atom stereocenters. The first-order valence-electron chi connectivity index (χ1n) is 9.30. The van der Waals surface area contributed by atoms with E-state index < -0.39 is 0 Å². The zero-order valence-electron chi connectivity index (χ0n) is 16.8. The minimum Gasteiger partial charge on any atom is -0.465 e. The summed E-state index contributed by atoms with van der Waals surface area (Å²) in [4.78, 5) is 4.70. The Kier molecular flexibility index (Phi) is 6.28. The Morgan fingerprint density at radius 2 is 1.36 bits per heavy atom. The number of nitrogens with zero attached hydrogens (tertiary/aromatic N) is 1. The van der Waals surface area contributed by atoms with E-state index in [0.29, 0.717) is 5.90 Å². The monoisotopic (exact) mass is 371 g/mol. The lowest BCUT2D eigenvalue weighted by molar-refractivity contribution is 0.473. The largest absolute Gasteiger partial charge is 0.465 e. The molecule has 0 fully saturated rings. The van der Waals surface area contributed by atoms with Gasteiger partial charge in [-0.2, -0.15) is 0 Å². The molecule has 0 radical (unpaired) electrons. The van der Waals surface area contributed by atoms with E-state index in [0.717, 1.165) is 33.9 Å². The van der Waals surface area contributed by atoms with Crippen LogP contribution in [0.15, 0.2) is 89.6 Å². The first-order valence-corrected chi connectivity index (χ1v) is 9.30. The lowest BCUT2D eigenvalue weighted by Crippen LogP contribution is -2.11. The molecule has 0 amide bonds. The van der Waals surface area contributed by atoms with Gasteiger partial charge >= 0.3 is 0 Å². The Labute approximate surface area is 167 Å². The molecule has 0 atom stereocenters. The summed E-state index contributed by atoms with van der Waals surface area (Å²) in [6, 6.07) is 23.9. The van der Waals surface area contributed by atoms with Crippen molar-refractivity contribution >= 4 is 11.6 Å². The highest BCUT2D eigenvalue weighted by atomic mass is 16.5. The average Bonchev–Trinajstić information content (AvgIpc) is 2.67. The van der Waals surface area contributed by atoms with Crippen LogP contribution >= 0.6 is 0 Å². The second-order valence-electron chi connectivity index (χ2n) is 6.91. The van der Waals surface area contributed by atoms with Gasteiger partial charge in [-0.25, -0.2) is 4.99 Å². The molecule has 0 bridgehead atoms. The van der Waals surface area contributed by atoms with Crippen molar-refractivity contribution in [1.82, 2.24) is 0 Å². The molecule has 142 valence electrons. The van der Waals surface area contributed by atoms with Crippen LogP contribution in [-0.4, -0.2) is 5.90 Å². The highest BCUT2D eigenvalue weighted by Gasteiger charge is 2.08. The second-order valence-corrected chi connectivity index (χ2v) is 6.91. The van der Waals surface area contributed by atoms with Gasteiger partial charge in [0.15, 0.2) is 0 Å². The Hall–Kier alpha value is -3.33. The van der Waals surface area contributed by atoms with Crippen LogP contribution in [0.25, 0.3) is 0 Å². The molecule has 0 saturated carbocycles. The molecule has 0 heterocycles. The Morgan fingerprint density at radius 3 is 2.00 bits per heavy atom. The van der Waals surface area contributed by atoms with E-state index in [-0.39, 0.29) is 0 Å². The second kappa shape index (κ2) is 9.05. The molecule has 3 aromatic carbocycles. The quantitative estimate of drug-likeness (QED) is 0.284. The molecule has 3 heteroatoms. The highest BCUT2D eigenvalue weighted by molar-refractivity contribution is 5.96. The highest BCUT2D eigenvalue weighted by Crippen LogP contribution is 2.20. The number of rotatable bonds is 5. The van der Waals surface area contributed by atoms with Gasteiger partial charge in [-0.05, 0) is 75.2 Å². The molecular weight excluding hydrogens is 346 g/mol. The molecule has 0 aromatic heterocycles. The lowest BCUT2D eigenvalue weighted by Gasteiger charge is -2.11. The standard InChI is InChI=1S/C25H25NO2/c1-18-11-13-22(14-12-18)26-25(28-24-10-6-8-20(3)16-24)21(4)17-27-23-9-5-7-19(2)15-23/h5-17H,1-4H3. The molecule has 28 heavy (non-hydrogen) atoms. The predicted octanol–water partition coefficient (Wildman–Crippen LogP) is 6.70. The molecule has 0 saturated heterocycles. The lowest BCUT2D eigenvalue weighted by atomic mass is 10.2. The van der Waals surface area contributed by atoms with Crippen LogP contribution in [-0.2, 0) is 0 Å². The van der Waals surface area contributed by atoms with Gasteiger partial charge in [0.2, 0.25) is 5.90 Å². The number of aliphatic imine (C=N–C) groups is 1. The minimum atomic E-state index is 0.502. The third-order valence-electron chi connectivity index (χ3n) is 4.17. The Morgan fingerprint density at radius 1 is 0.750 bits per heavy atom. The van der Waals surface area contributed by atoms with Crippen molar-refractivity contribution in [3.8, 4) is 11.5 Å². The van der Waals surface area contributed by atoms with E-state index in [9.17, 15) is 0 Å². The summed E-state index contributed by atoms with van der Waals surface area (Å²) in [5.74, 6) is 2.03. The van der Waals surface area contributed by atoms with Gasteiger partial charge in [0.25, 0.3) is 0 Å². The van der Waals surface area contributed by atoms with Crippen LogP contribution in [0.5, 0.6) is 11.5 Å². The van der Waals surface area contributed by atoms with E-state index in [2.05, 4.69) is 6.92 Å². The fourth-order valence-electron chi connectivity index (χ4n) is 2.61. The molecule has 0 aliphatic heterocycles. The molecule has 3 aromatic rings. The normalized spacial score (nSPS) is 12.0. The van der Waals surface area contributed by atoms with Crippen molar-refractivity contribution in [3.05, 3.63) is 101 Å². The van der Waals surface area contributed by atoms with Gasteiger partial charge < -0.3 is 9.47 Å². The average molecular weight is 371 g/mol. The maximum atomic E-state index is 6.11. The minimum absolute atomic E-state index is 0.502. The summed E-state index contributed by atoms with van der Waals surface area (Å²) in [6.45, 7) is 8.05. The van der Waals surface area contributed by atoms with Gasteiger partial charge in [-0.15, -0.1) is 0 Å². The van der Waals surface area contributed by atoms with Crippen molar-refractivity contribution in [1.29, 1.82) is 0 Å². The molecule has 0 N–H and O–H groups in total. The smallest absolute Gasteiger partial charge is 0.225 e. The summed E-state index contributed by atoms with van der Waals surface area (Å²) >= 11 is 0. The van der Waals surface area contributed by atoms with Gasteiger partial charge in [-0.3, -0.25) is 0 Å². The first-order chi connectivity index (χ1) is 13.5. The number of aryl methyl sites for hydroxylation is 3. The van der Waals surface area contributed by atoms with Crippen molar-refractivity contribution < 1.29 is 9.47 Å². The molecule has 0 aliphatic carbocycles. The van der Waals surface area contributed by atoms with Crippen LogP contribution in [0.1, 0.15) is 23.6 Å². The SMILES string of the molecule is CC(=COc1cccc(C)c1)C(=Nc1ccc(C)cc1)Oc1cccc(C)c1. The fraction of sp³-hybridized carbons (Fsp3) is 0.160. The molecule has 0 spiro atoms. The number of hydrogen-bond acceptors (Lipinski definition) is 3. The number of ether oxygens (including phenoxy) is 2. The van der Waals surface area contributed by atoms with Gasteiger partial charge in [-0.1, -0.05) is 42.0 Å². The summed E-state index contributed by atoms with van der Waals surface area (Å²) in [7, 11) is 0. The fourth-order valence-corrected chi connectivity index (χ4v) is 2.61. The van der Waals surface area contributed by atoms with E-state index in [1.54, 1.807) is 6.26 Å². The maximum Gasteiger partial charge on any atom is 0.225 e. The van der Waals surface area contributed by atoms with E-state index >= 15 is 0 Å². The van der Waals surface area contributed by atoms with Crippen LogP contribution in [0.2, 0.25) is 0 Å². The topological polar surface area (TPSA) is 30.8 Å². The Bertz CT molecular complexity index is 1000. The van der Waals surface area contributed by atoms with E-state index in [4.69, 9.17) is 14.5 Å². The number of benzene rings is 3. The summed E-state index contributed by atoms with van der Waals surface area (Å²) in [5.41, 5.74) is 5.09. The third-order valence-corrected chi connectivity index (χ3v) is 4.17. The van der Waals surface area contributed by atoms with Crippen LogP contribution in [0.3, 0.4) is 0 Å². The zero-order chi connectivity index (χ0) is 19.9. The molecule has 0 aliphatic rings. The summed E-state index contributed by atoms with van der Waals surface area (Å²) in [6.07, 6.45) is 1.68. The molecular formula is C25H25NO2.